The van der Waals surface area contributed by atoms with E-state index in [4.69, 9.17) is 4.74 Å². The van der Waals surface area contributed by atoms with Crippen LogP contribution >= 0.6 is 0 Å². The molecule has 1 aliphatic heterocycles. The molecule has 7 heteroatoms. The lowest BCUT2D eigenvalue weighted by molar-refractivity contribution is -0.124. The van der Waals surface area contributed by atoms with Crippen molar-refractivity contribution in [3.05, 3.63) is 71.0 Å². The van der Waals surface area contributed by atoms with Gasteiger partial charge in [0.05, 0.1) is 22.8 Å². The van der Waals surface area contributed by atoms with Gasteiger partial charge in [-0.3, -0.25) is 9.59 Å². The number of hydrogen-bond acceptors (Lipinski definition) is 4. The van der Waals surface area contributed by atoms with Gasteiger partial charge in [0.1, 0.15) is 6.10 Å². The quantitative estimate of drug-likeness (QED) is 0.651. The monoisotopic (exact) mass is 418 g/mol. The maximum atomic E-state index is 12.9. The van der Waals surface area contributed by atoms with E-state index < -0.39 is 6.10 Å². The number of nitrogens with one attached hydrogen (secondary N) is 2. The Balaban J connectivity index is 1.51. The zero-order valence-corrected chi connectivity index (χ0v) is 17.9. The Labute approximate surface area is 181 Å². The zero-order chi connectivity index (χ0) is 22.0. The highest BCUT2D eigenvalue weighted by Gasteiger charge is 2.24. The second-order valence-electron chi connectivity index (χ2n) is 7.82. The van der Waals surface area contributed by atoms with Crippen LogP contribution in [0.15, 0.2) is 48.5 Å². The molecule has 160 valence electrons. The Kier molecular flexibility index (Phi) is 5.86. The first-order valence-corrected chi connectivity index (χ1v) is 10.4. The molecule has 31 heavy (non-hydrogen) atoms. The molecule has 1 fully saturated rings. The number of ether oxygens (including phenoxy) is 1. The number of hydrogen-bond donors (Lipinski definition) is 2. The molecule has 1 aromatic heterocycles. The van der Waals surface area contributed by atoms with Gasteiger partial charge in [0.15, 0.2) is 0 Å². The number of aromatic nitrogens is 2. The molecule has 0 radical (unpaired) electrons. The summed E-state index contributed by atoms with van der Waals surface area (Å²) in [6.45, 7) is 6.43. The molecule has 7 nitrogen and oxygen atoms in total. The summed E-state index contributed by atoms with van der Waals surface area (Å²) in [5, 5.41) is 10.4. The number of benzene rings is 2. The summed E-state index contributed by atoms with van der Waals surface area (Å²) in [7, 11) is 0. The van der Waals surface area contributed by atoms with Crippen LogP contribution in [0.1, 0.15) is 40.2 Å². The molecule has 1 aliphatic rings. The number of nitrogens with zero attached hydrogens (tertiary/aromatic N) is 2. The molecule has 0 bridgehead atoms. The molecule has 0 saturated carbocycles. The molecule has 0 spiro atoms. The Morgan fingerprint density at radius 1 is 1.06 bits per heavy atom. The second-order valence-corrected chi connectivity index (χ2v) is 7.82. The van der Waals surface area contributed by atoms with Gasteiger partial charge in [-0.05, 0) is 63.9 Å². The van der Waals surface area contributed by atoms with E-state index in [0.717, 1.165) is 29.9 Å². The van der Waals surface area contributed by atoms with Crippen LogP contribution in [0.4, 0.5) is 11.4 Å². The molecule has 1 saturated heterocycles. The van der Waals surface area contributed by atoms with E-state index in [1.165, 1.54) is 5.56 Å². The Bertz CT molecular complexity index is 1110. The van der Waals surface area contributed by atoms with Crippen LogP contribution in [0.25, 0.3) is 5.69 Å². The number of amides is 2. The van der Waals surface area contributed by atoms with Crippen molar-refractivity contribution in [2.45, 2.75) is 39.7 Å². The lowest BCUT2D eigenvalue weighted by atomic mass is 10.1. The Hall–Kier alpha value is -3.45. The van der Waals surface area contributed by atoms with E-state index >= 15 is 0 Å². The molecule has 0 aliphatic carbocycles. The fourth-order valence-corrected chi connectivity index (χ4v) is 3.69. The summed E-state index contributed by atoms with van der Waals surface area (Å²) in [4.78, 5) is 25.2. The highest BCUT2D eigenvalue weighted by molar-refractivity contribution is 6.06. The third-order valence-corrected chi connectivity index (χ3v) is 5.42. The molecule has 2 aromatic carbocycles. The van der Waals surface area contributed by atoms with Crippen molar-refractivity contribution in [1.82, 2.24) is 9.78 Å². The molecule has 2 amide bonds. The number of anilines is 2. The molecule has 3 aromatic rings. The minimum absolute atomic E-state index is 0.180. The van der Waals surface area contributed by atoms with Gasteiger partial charge in [-0.25, -0.2) is 4.68 Å². The first kappa shape index (κ1) is 20.8. The third-order valence-electron chi connectivity index (χ3n) is 5.42. The maximum Gasteiger partial charge on any atom is 0.255 e. The summed E-state index contributed by atoms with van der Waals surface area (Å²) < 4.78 is 7.24. The van der Waals surface area contributed by atoms with Crippen LogP contribution in [0.2, 0.25) is 0 Å². The van der Waals surface area contributed by atoms with Crippen LogP contribution < -0.4 is 10.6 Å². The molecule has 4 rings (SSSR count). The highest BCUT2D eigenvalue weighted by atomic mass is 16.5. The van der Waals surface area contributed by atoms with Crippen LogP contribution in [0.5, 0.6) is 0 Å². The summed E-state index contributed by atoms with van der Waals surface area (Å²) >= 11 is 0. The van der Waals surface area contributed by atoms with E-state index in [2.05, 4.69) is 15.7 Å². The van der Waals surface area contributed by atoms with Crippen molar-refractivity contribution in [3.63, 3.8) is 0 Å². The molecule has 0 unspecified atom stereocenters. The van der Waals surface area contributed by atoms with Gasteiger partial charge >= 0.3 is 0 Å². The van der Waals surface area contributed by atoms with Crippen molar-refractivity contribution in [1.29, 1.82) is 0 Å². The fraction of sp³-hybridized carbons (Fsp3) is 0.292. The second kappa shape index (κ2) is 8.73. The lowest BCUT2D eigenvalue weighted by Gasteiger charge is -2.12. The van der Waals surface area contributed by atoms with Crippen LogP contribution in [0, 0.1) is 20.8 Å². The van der Waals surface area contributed by atoms with Crippen molar-refractivity contribution >= 4 is 23.2 Å². The SMILES string of the molecule is Cc1ccc(-n2nc(C)c(NC(=O)c3cccc(NC(=O)[C@H]4CCCO4)c3)c2C)cc1. The molecule has 2 N–H and O–H groups in total. The van der Waals surface area contributed by atoms with Gasteiger partial charge in [0.25, 0.3) is 11.8 Å². The van der Waals surface area contributed by atoms with Gasteiger partial charge < -0.3 is 15.4 Å². The normalized spacial score (nSPS) is 15.6. The Morgan fingerprint density at radius 3 is 2.55 bits per heavy atom. The minimum Gasteiger partial charge on any atom is -0.368 e. The maximum absolute atomic E-state index is 12.9. The van der Waals surface area contributed by atoms with E-state index in [1.54, 1.807) is 24.3 Å². The highest BCUT2D eigenvalue weighted by Crippen LogP contribution is 2.24. The van der Waals surface area contributed by atoms with Gasteiger partial charge in [-0.15, -0.1) is 0 Å². The van der Waals surface area contributed by atoms with Crippen LogP contribution in [-0.4, -0.2) is 34.3 Å². The van der Waals surface area contributed by atoms with Gasteiger partial charge in [0, 0.05) is 17.9 Å². The first-order valence-electron chi connectivity index (χ1n) is 10.4. The third kappa shape index (κ3) is 4.51. The fourth-order valence-electron chi connectivity index (χ4n) is 3.69. The molecular weight excluding hydrogens is 392 g/mol. The molecule has 2 heterocycles. The van der Waals surface area contributed by atoms with Crippen LogP contribution in [0.3, 0.4) is 0 Å². The number of aryl methyl sites for hydroxylation is 2. The smallest absolute Gasteiger partial charge is 0.255 e. The molecular formula is C24H26N4O3. The van der Waals surface area contributed by atoms with Crippen molar-refractivity contribution in [2.75, 3.05) is 17.2 Å². The van der Waals surface area contributed by atoms with Gasteiger partial charge in [0.2, 0.25) is 0 Å². The summed E-state index contributed by atoms with van der Waals surface area (Å²) in [6.07, 6.45) is 1.18. The number of rotatable bonds is 5. The van der Waals surface area contributed by atoms with E-state index in [9.17, 15) is 9.59 Å². The Morgan fingerprint density at radius 2 is 1.84 bits per heavy atom. The largest absolute Gasteiger partial charge is 0.368 e. The average molecular weight is 418 g/mol. The van der Waals surface area contributed by atoms with E-state index in [-0.39, 0.29) is 11.8 Å². The lowest BCUT2D eigenvalue weighted by Crippen LogP contribution is -2.27. The predicted molar refractivity (Wildman–Crippen MR) is 120 cm³/mol. The van der Waals surface area contributed by atoms with Crippen molar-refractivity contribution in [3.8, 4) is 5.69 Å². The zero-order valence-electron chi connectivity index (χ0n) is 17.9. The van der Waals surface area contributed by atoms with E-state index in [1.807, 2.05) is 49.7 Å². The van der Waals surface area contributed by atoms with Crippen molar-refractivity contribution in [2.24, 2.45) is 0 Å². The van der Waals surface area contributed by atoms with Crippen molar-refractivity contribution < 1.29 is 14.3 Å². The standard InChI is InChI=1S/C24H26N4O3/c1-15-9-11-20(12-10-15)28-17(3)22(16(2)27-28)26-23(29)18-6-4-7-19(14-18)25-24(30)21-8-5-13-31-21/h4,6-7,9-12,14,21H,5,8,13H2,1-3H3,(H,25,30)(H,26,29)/t21-/m1/s1. The van der Waals surface area contributed by atoms with Gasteiger partial charge in [-0.1, -0.05) is 23.8 Å². The summed E-state index contributed by atoms with van der Waals surface area (Å²) in [6, 6.07) is 14.9. The van der Waals surface area contributed by atoms with Gasteiger partial charge in [-0.2, -0.15) is 5.10 Å². The predicted octanol–water partition coefficient (Wildman–Crippen LogP) is 4.17. The number of carbonyl (C=O) groups excluding carboxylic acids is 2. The molecule has 1 atom stereocenters. The van der Waals surface area contributed by atoms with E-state index in [0.29, 0.717) is 23.5 Å². The average Bonchev–Trinajstić information content (AvgIpc) is 3.39. The number of carbonyl (C=O) groups is 2. The first-order chi connectivity index (χ1) is 14.9. The topological polar surface area (TPSA) is 85.3 Å². The minimum atomic E-state index is -0.421. The van der Waals surface area contributed by atoms with Crippen LogP contribution in [-0.2, 0) is 9.53 Å². The summed E-state index contributed by atoms with van der Waals surface area (Å²) in [5.41, 5.74) is 5.38. The summed E-state index contributed by atoms with van der Waals surface area (Å²) in [5.74, 6) is -0.441.